The molecule has 0 amide bonds. The van der Waals surface area contributed by atoms with Gasteiger partial charge in [-0.1, -0.05) is 23.7 Å². The van der Waals surface area contributed by atoms with E-state index < -0.39 is 6.10 Å². The third kappa shape index (κ3) is 3.32. The summed E-state index contributed by atoms with van der Waals surface area (Å²) in [5.41, 5.74) is 8.52. The van der Waals surface area contributed by atoms with E-state index in [0.717, 1.165) is 16.7 Å². The molecule has 0 spiro atoms. The lowest BCUT2D eigenvalue weighted by Crippen LogP contribution is -2.20. The summed E-state index contributed by atoms with van der Waals surface area (Å²) in [6.07, 6.45) is 2.75. The number of rotatable bonds is 4. The van der Waals surface area contributed by atoms with Gasteiger partial charge in [-0.05, 0) is 41.8 Å². The predicted octanol–water partition coefficient (Wildman–Crippen LogP) is 2.82. The highest BCUT2D eigenvalue weighted by Crippen LogP contribution is 2.31. The number of nitrogens with zero attached hydrogens (tertiary/aromatic N) is 1. The van der Waals surface area contributed by atoms with Crippen molar-refractivity contribution in [1.29, 1.82) is 0 Å². The average molecular weight is 277 g/mol. The topological polar surface area (TPSA) is 59.1 Å². The highest BCUT2D eigenvalue weighted by Gasteiger charge is 2.22. The molecule has 0 saturated heterocycles. The highest BCUT2D eigenvalue weighted by atomic mass is 35.5. The van der Waals surface area contributed by atoms with Crippen LogP contribution in [0.4, 0.5) is 0 Å². The molecule has 0 aliphatic carbocycles. The van der Waals surface area contributed by atoms with Gasteiger partial charge in [-0.25, -0.2) is 0 Å². The molecule has 100 valence electrons. The average Bonchev–Trinajstić information content (AvgIpc) is 2.39. The maximum absolute atomic E-state index is 10.5. The van der Waals surface area contributed by atoms with Crippen molar-refractivity contribution in [2.75, 3.05) is 6.54 Å². The van der Waals surface area contributed by atoms with Gasteiger partial charge >= 0.3 is 0 Å². The zero-order valence-electron chi connectivity index (χ0n) is 10.8. The molecule has 0 bridgehead atoms. The van der Waals surface area contributed by atoms with E-state index in [0.29, 0.717) is 11.6 Å². The lowest BCUT2D eigenvalue weighted by molar-refractivity contribution is 0.147. The summed E-state index contributed by atoms with van der Waals surface area (Å²) in [7, 11) is 0. The van der Waals surface area contributed by atoms with Gasteiger partial charge in [-0.3, -0.25) is 4.98 Å². The molecule has 2 rings (SSSR count). The number of aryl methyl sites for hydroxylation is 1. The molecule has 0 saturated carbocycles. The molecule has 0 aliphatic heterocycles. The molecule has 1 aromatic heterocycles. The minimum Gasteiger partial charge on any atom is -0.388 e. The summed E-state index contributed by atoms with van der Waals surface area (Å²) in [4.78, 5) is 4.07. The normalized spacial score (nSPS) is 14.1. The number of aliphatic hydroxyl groups excluding tert-OH is 1. The third-order valence-corrected chi connectivity index (χ3v) is 3.37. The second-order valence-corrected chi connectivity index (χ2v) is 5.07. The summed E-state index contributed by atoms with van der Waals surface area (Å²) in [6.45, 7) is 2.29. The molecule has 0 radical (unpaired) electrons. The Morgan fingerprint density at radius 1 is 1.32 bits per heavy atom. The van der Waals surface area contributed by atoms with E-state index in [1.807, 2.05) is 31.2 Å². The van der Waals surface area contributed by atoms with Crippen LogP contribution in [0.5, 0.6) is 0 Å². The molecule has 2 atom stereocenters. The molecular formula is C15H17ClN2O. The van der Waals surface area contributed by atoms with Gasteiger partial charge in [0.05, 0.1) is 6.10 Å². The molecule has 0 aliphatic rings. The van der Waals surface area contributed by atoms with Crippen molar-refractivity contribution in [2.45, 2.75) is 18.9 Å². The first-order valence-electron chi connectivity index (χ1n) is 6.17. The summed E-state index contributed by atoms with van der Waals surface area (Å²) < 4.78 is 0. The summed E-state index contributed by atoms with van der Waals surface area (Å²) in [5, 5.41) is 11.1. The Bertz CT molecular complexity index is 525. The molecule has 19 heavy (non-hydrogen) atoms. The van der Waals surface area contributed by atoms with Gasteiger partial charge in [0, 0.05) is 29.9 Å². The van der Waals surface area contributed by atoms with Gasteiger partial charge in [0.25, 0.3) is 0 Å². The lowest BCUT2D eigenvalue weighted by Gasteiger charge is -2.22. The number of nitrogens with two attached hydrogens (primary N) is 1. The lowest BCUT2D eigenvalue weighted by atomic mass is 9.89. The zero-order chi connectivity index (χ0) is 13.8. The number of aromatic nitrogens is 1. The molecule has 2 unspecified atom stereocenters. The molecule has 3 N–H and O–H groups in total. The minimum atomic E-state index is -0.688. The second-order valence-electron chi connectivity index (χ2n) is 4.64. The van der Waals surface area contributed by atoms with Crippen molar-refractivity contribution in [2.24, 2.45) is 5.73 Å². The molecule has 4 heteroatoms. The Hall–Kier alpha value is -1.42. The number of hydrogen-bond acceptors (Lipinski definition) is 3. The molecule has 3 nitrogen and oxygen atoms in total. The van der Waals surface area contributed by atoms with Crippen molar-refractivity contribution in [3.63, 3.8) is 0 Å². The fourth-order valence-corrected chi connectivity index (χ4v) is 2.51. The van der Waals surface area contributed by atoms with E-state index in [1.54, 1.807) is 18.5 Å². The van der Waals surface area contributed by atoms with Crippen molar-refractivity contribution in [3.8, 4) is 0 Å². The molecule has 0 fully saturated rings. The summed E-state index contributed by atoms with van der Waals surface area (Å²) in [6, 6.07) is 9.33. The van der Waals surface area contributed by atoms with E-state index in [4.69, 9.17) is 17.3 Å². The Morgan fingerprint density at radius 2 is 2.11 bits per heavy atom. The van der Waals surface area contributed by atoms with E-state index in [1.165, 1.54) is 0 Å². The van der Waals surface area contributed by atoms with Crippen LogP contribution in [0.15, 0.2) is 42.7 Å². The van der Waals surface area contributed by atoms with Gasteiger partial charge in [-0.2, -0.15) is 0 Å². The number of pyridine rings is 1. The number of aliphatic hydroxyl groups is 1. The third-order valence-electron chi connectivity index (χ3n) is 3.15. The monoisotopic (exact) mass is 276 g/mol. The highest BCUT2D eigenvalue weighted by molar-refractivity contribution is 6.30. The van der Waals surface area contributed by atoms with E-state index in [2.05, 4.69) is 4.98 Å². The predicted molar refractivity (Wildman–Crippen MR) is 77.2 cm³/mol. The Labute approximate surface area is 118 Å². The molecule has 1 heterocycles. The van der Waals surface area contributed by atoms with Crippen LogP contribution in [-0.2, 0) is 0 Å². The Morgan fingerprint density at radius 3 is 2.68 bits per heavy atom. The largest absolute Gasteiger partial charge is 0.388 e. The first-order valence-corrected chi connectivity index (χ1v) is 6.54. The summed E-state index contributed by atoms with van der Waals surface area (Å²) >= 11 is 6.03. The second kappa shape index (κ2) is 6.15. The fourth-order valence-electron chi connectivity index (χ4n) is 2.21. The van der Waals surface area contributed by atoms with Gasteiger partial charge in [0.15, 0.2) is 0 Å². The van der Waals surface area contributed by atoms with Crippen molar-refractivity contribution in [3.05, 3.63) is 64.4 Å². The number of halogens is 1. The zero-order valence-corrected chi connectivity index (χ0v) is 11.5. The first-order chi connectivity index (χ1) is 9.11. The molecular weight excluding hydrogens is 260 g/mol. The van der Waals surface area contributed by atoms with Crippen molar-refractivity contribution >= 4 is 11.6 Å². The van der Waals surface area contributed by atoms with E-state index >= 15 is 0 Å². The van der Waals surface area contributed by atoms with Gasteiger partial charge < -0.3 is 10.8 Å². The maximum atomic E-state index is 10.5. The number of hydrogen-bond donors (Lipinski definition) is 2. The van der Waals surface area contributed by atoms with Gasteiger partial charge in [0.1, 0.15) is 0 Å². The van der Waals surface area contributed by atoms with E-state index in [9.17, 15) is 5.11 Å². The SMILES string of the molecule is Cc1cc(Cl)cc(C(O)C(CN)c2cccnc2)c1. The number of benzene rings is 1. The minimum absolute atomic E-state index is 0.188. The smallest absolute Gasteiger partial charge is 0.0871 e. The van der Waals surface area contributed by atoms with Gasteiger partial charge in [-0.15, -0.1) is 0 Å². The van der Waals surface area contributed by atoms with Crippen molar-refractivity contribution < 1.29 is 5.11 Å². The summed E-state index contributed by atoms with van der Waals surface area (Å²) in [5.74, 6) is -0.188. The van der Waals surface area contributed by atoms with Crippen LogP contribution < -0.4 is 5.73 Å². The maximum Gasteiger partial charge on any atom is 0.0871 e. The van der Waals surface area contributed by atoms with Crippen LogP contribution in [0.1, 0.15) is 28.7 Å². The van der Waals surface area contributed by atoms with Gasteiger partial charge in [0.2, 0.25) is 0 Å². The van der Waals surface area contributed by atoms with Crippen molar-refractivity contribution in [1.82, 2.24) is 4.98 Å². The molecule has 2 aromatic rings. The van der Waals surface area contributed by atoms with Crippen LogP contribution in [0.2, 0.25) is 5.02 Å². The quantitative estimate of drug-likeness (QED) is 0.903. The fraction of sp³-hybridized carbons (Fsp3) is 0.267. The first kappa shape index (κ1) is 14.0. The molecule has 1 aromatic carbocycles. The van der Waals surface area contributed by atoms with Crippen LogP contribution in [-0.4, -0.2) is 16.6 Å². The van der Waals surface area contributed by atoms with Crippen LogP contribution in [0, 0.1) is 6.92 Å². The standard InChI is InChI=1S/C15H17ClN2O/c1-10-5-12(7-13(16)6-10)15(19)14(8-17)11-3-2-4-18-9-11/h2-7,9,14-15,19H,8,17H2,1H3. The van der Waals surface area contributed by atoms with Crippen LogP contribution in [0.25, 0.3) is 0 Å². The Kier molecular flexibility index (Phi) is 4.53. The Balaban J connectivity index is 2.33. The van der Waals surface area contributed by atoms with Crippen LogP contribution in [0.3, 0.4) is 0 Å². The van der Waals surface area contributed by atoms with E-state index in [-0.39, 0.29) is 5.92 Å². The van der Waals surface area contributed by atoms with Crippen LogP contribution >= 0.6 is 11.6 Å².